The summed E-state index contributed by atoms with van der Waals surface area (Å²) in [6, 6.07) is 0. The molecule has 6 heteroatoms. The van der Waals surface area contributed by atoms with E-state index in [0.717, 1.165) is 0 Å². The maximum atomic E-state index is 11.1. The van der Waals surface area contributed by atoms with Gasteiger partial charge in [-0.05, 0) is 0 Å². The highest BCUT2D eigenvalue weighted by atomic mass is 16.6. The van der Waals surface area contributed by atoms with E-state index in [9.17, 15) is 5.21 Å². The lowest BCUT2D eigenvalue weighted by molar-refractivity contribution is -0.707. The van der Waals surface area contributed by atoms with E-state index < -0.39 is 0 Å². The normalized spacial score (nSPS) is 27.6. The van der Waals surface area contributed by atoms with Crippen LogP contribution in [0.15, 0.2) is 17.0 Å². The van der Waals surface area contributed by atoms with Gasteiger partial charge in [0.05, 0.1) is 0 Å². The molecule has 11 heavy (non-hydrogen) atoms. The van der Waals surface area contributed by atoms with E-state index >= 15 is 0 Å². The van der Waals surface area contributed by atoms with Crippen LogP contribution in [0, 0.1) is 5.21 Å². The number of aliphatic imine (C=N–C) groups is 1. The van der Waals surface area contributed by atoms with Gasteiger partial charge in [-0.15, -0.1) is 0 Å². The average molecular weight is 158 g/mol. The van der Waals surface area contributed by atoms with Gasteiger partial charge < -0.3 is 10.5 Å². The summed E-state index contributed by atoms with van der Waals surface area (Å²) in [6.45, 7) is 0. The van der Waals surface area contributed by atoms with Crippen molar-refractivity contribution in [1.82, 2.24) is 10.4 Å². The Labute approximate surface area is 64.0 Å². The Morgan fingerprint density at radius 2 is 2.45 bits per heavy atom. The smallest absolute Gasteiger partial charge is 0.333 e. The number of quaternary nitrogens is 1. The molecular formula is C5H10N4O2. The van der Waals surface area contributed by atoms with Crippen molar-refractivity contribution in [2.45, 2.75) is 0 Å². The monoisotopic (exact) mass is 158 g/mol. The zero-order valence-electron chi connectivity index (χ0n) is 6.33. The summed E-state index contributed by atoms with van der Waals surface area (Å²) in [7, 11) is 3.05. The molecule has 0 aromatic heterocycles. The largest absolute Gasteiger partial charge is 0.620 e. The Morgan fingerprint density at radius 1 is 1.82 bits per heavy atom. The van der Waals surface area contributed by atoms with Crippen LogP contribution >= 0.6 is 0 Å². The number of rotatable bonds is 1. The predicted octanol–water partition coefficient (Wildman–Crippen LogP) is -1.92. The minimum atomic E-state index is -0.294. The molecule has 0 bridgehead atoms. The Morgan fingerprint density at radius 3 is 2.73 bits per heavy atom. The van der Waals surface area contributed by atoms with Gasteiger partial charge in [0.25, 0.3) is 0 Å². The van der Waals surface area contributed by atoms with Gasteiger partial charge in [-0.2, -0.15) is 5.06 Å². The third-order valence-corrected chi connectivity index (χ3v) is 1.40. The molecule has 62 valence electrons. The van der Waals surface area contributed by atoms with Gasteiger partial charge >= 0.3 is 5.96 Å². The molecule has 1 aliphatic rings. The molecule has 1 unspecified atom stereocenters. The van der Waals surface area contributed by atoms with Crippen molar-refractivity contribution in [3.63, 3.8) is 0 Å². The summed E-state index contributed by atoms with van der Waals surface area (Å²) >= 11 is 0. The van der Waals surface area contributed by atoms with Gasteiger partial charge in [0.1, 0.15) is 6.20 Å². The summed E-state index contributed by atoms with van der Waals surface area (Å²) in [6.07, 6.45) is 1.28. The summed E-state index contributed by atoms with van der Waals surface area (Å²) in [5.41, 5.74) is 0. The molecule has 1 heterocycles. The van der Waals surface area contributed by atoms with Crippen molar-refractivity contribution in [3.8, 4) is 0 Å². The van der Waals surface area contributed by atoms with E-state index in [-0.39, 0.29) is 11.0 Å². The van der Waals surface area contributed by atoms with Gasteiger partial charge in [0, 0.05) is 14.1 Å². The van der Waals surface area contributed by atoms with E-state index in [4.69, 9.17) is 5.21 Å². The Bertz CT molecular complexity index is 213. The molecule has 0 aromatic rings. The molecule has 1 aliphatic heterocycles. The molecule has 0 saturated carbocycles. The van der Waals surface area contributed by atoms with Crippen molar-refractivity contribution in [1.29, 1.82) is 0 Å². The SMILES string of the molecule is CN=C1N(O)C=C(NC)[NH+]1[O-]. The van der Waals surface area contributed by atoms with Crippen LogP contribution in [0.3, 0.4) is 0 Å². The molecule has 0 fully saturated rings. The second-order valence-corrected chi connectivity index (χ2v) is 2.01. The van der Waals surface area contributed by atoms with E-state index in [1.807, 2.05) is 0 Å². The van der Waals surface area contributed by atoms with Crippen molar-refractivity contribution in [2.75, 3.05) is 14.1 Å². The standard InChI is InChI=1S/C5H10N4O2/c1-6-4-3-8(10)5(7-2)9(4)11/h3,6,9-10H,1-2H3. The van der Waals surface area contributed by atoms with Crippen LogP contribution in [0.25, 0.3) is 0 Å². The molecule has 0 spiro atoms. The van der Waals surface area contributed by atoms with Crippen LogP contribution in [-0.2, 0) is 0 Å². The lowest BCUT2D eigenvalue weighted by atomic mass is 10.7. The highest BCUT2D eigenvalue weighted by molar-refractivity contribution is 5.73. The minimum absolute atomic E-state index is 0.0364. The summed E-state index contributed by atoms with van der Waals surface area (Å²) in [5.74, 6) is 0.377. The van der Waals surface area contributed by atoms with Crippen LogP contribution in [0.2, 0.25) is 0 Å². The first kappa shape index (κ1) is 7.99. The molecule has 0 amide bonds. The zero-order valence-corrected chi connectivity index (χ0v) is 6.33. The fourth-order valence-corrected chi connectivity index (χ4v) is 0.849. The Balaban J connectivity index is 2.84. The lowest BCUT2D eigenvalue weighted by Gasteiger charge is -2.17. The minimum Gasteiger partial charge on any atom is -0.620 e. The van der Waals surface area contributed by atoms with Gasteiger partial charge in [-0.1, -0.05) is 0 Å². The quantitative estimate of drug-likeness (QED) is 0.389. The van der Waals surface area contributed by atoms with Crippen LogP contribution < -0.4 is 10.4 Å². The number of hydrogen-bond acceptors (Lipinski definition) is 4. The molecule has 0 aliphatic carbocycles. The van der Waals surface area contributed by atoms with E-state index in [1.54, 1.807) is 7.05 Å². The lowest BCUT2D eigenvalue weighted by Crippen LogP contribution is -3.09. The first-order chi connectivity index (χ1) is 5.20. The van der Waals surface area contributed by atoms with Gasteiger partial charge in [0.2, 0.25) is 5.82 Å². The fraction of sp³-hybridized carbons (Fsp3) is 0.400. The third kappa shape index (κ3) is 1.18. The molecule has 0 aromatic carbocycles. The van der Waals surface area contributed by atoms with Gasteiger partial charge in [-0.3, -0.25) is 10.3 Å². The van der Waals surface area contributed by atoms with Crippen molar-refractivity contribution >= 4 is 5.96 Å². The summed E-state index contributed by atoms with van der Waals surface area (Å²) in [4.78, 5) is 3.60. The van der Waals surface area contributed by atoms with Crippen molar-refractivity contribution < 1.29 is 10.3 Å². The average Bonchev–Trinajstić information content (AvgIpc) is 2.26. The third-order valence-electron chi connectivity index (χ3n) is 1.40. The first-order valence-corrected chi connectivity index (χ1v) is 3.10. The Kier molecular flexibility index (Phi) is 2.08. The number of nitrogens with one attached hydrogen (secondary N) is 2. The topological polar surface area (TPSA) is 75.4 Å². The number of hydroxylamine groups is 4. The number of nitrogens with zero attached hydrogens (tertiary/aromatic N) is 2. The maximum Gasteiger partial charge on any atom is 0.333 e. The molecule has 1 rings (SSSR count). The second-order valence-electron chi connectivity index (χ2n) is 2.01. The Hall–Kier alpha value is -1.11. The highest BCUT2D eigenvalue weighted by Gasteiger charge is 2.26. The highest BCUT2D eigenvalue weighted by Crippen LogP contribution is 1.92. The second kappa shape index (κ2) is 2.87. The first-order valence-electron chi connectivity index (χ1n) is 3.10. The summed E-state index contributed by atoms with van der Waals surface area (Å²) in [5, 5.41) is 23.2. The molecule has 1 atom stereocenters. The summed E-state index contributed by atoms with van der Waals surface area (Å²) < 4.78 is 0. The van der Waals surface area contributed by atoms with Crippen molar-refractivity contribution in [3.05, 3.63) is 17.2 Å². The molecule has 3 N–H and O–H groups in total. The van der Waals surface area contributed by atoms with E-state index in [2.05, 4.69) is 10.3 Å². The number of hydrogen-bond donors (Lipinski definition) is 3. The fourth-order valence-electron chi connectivity index (χ4n) is 0.849. The van der Waals surface area contributed by atoms with Gasteiger partial charge in [-0.25, -0.2) is 4.99 Å². The zero-order chi connectivity index (χ0) is 8.43. The van der Waals surface area contributed by atoms with Crippen LogP contribution in [-0.4, -0.2) is 30.3 Å². The van der Waals surface area contributed by atoms with E-state index in [0.29, 0.717) is 10.9 Å². The van der Waals surface area contributed by atoms with Crippen LogP contribution in [0.1, 0.15) is 0 Å². The molecular weight excluding hydrogens is 148 g/mol. The molecule has 6 nitrogen and oxygen atoms in total. The van der Waals surface area contributed by atoms with Gasteiger partial charge in [0.15, 0.2) is 0 Å². The van der Waals surface area contributed by atoms with E-state index in [1.165, 1.54) is 13.2 Å². The van der Waals surface area contributed by atoms with Crippen LogP contribution in [0.4, 0.5) is 0 Å². The predicted molar refractivity (Wildman–Crippen MR) is 38.5 cm³/mol. The van der Waals surface area contributed by atoms with Crippen LogP contribution in [0.5, 0.6) is 0 Å². The maximum absolute atomic E-state index is 11.1. The molecule has 0 radical (unpaired) electrons. The molecule has 0 saturated heterocycles. The van der Waals surface area contributed by atoms with Crippen molar-refractivity contribution in [2.24, 2.45) is 4.99 Å². The number of guanidine groups is 1.